The molecule has 26 heavy (non-hydrogen) atoms. The van der Waals surface area contributed by atoms with E-state index in [0.717, 1.165) is 35.6 Å². The van der Waals surface area contributed by atoms with Gasteiger partial charge in [-0.2, -0.15) is 0 Å². The Labute approximate surface area is 151 Å². The van der Waals surface area contributed by atoms with Crippen molar-refractivity contribution in [3.05, 3.63) is 53.7 Å². The Kier molecular flexibility index (Phi) is 4.43. The molecule has 3 heterocycles. The number of anilines is 2. The third-order valence-corrected chi connectivity index (χ3v) is 4.67. The predicted molar refractivity (Wildman–Crippen MR) is 97.0 cm³/mol. The van der Waals surface area contributed by atoms with Gasteiger partial charge in [-0.15, -0.1) is 0 Å². The molecular weight excluding hydrogens is 332 g/mol. The molecule has 1 aromatic heterocycles. The molecule has 7 nitrogen and oxygen atoms in total. The van der Waals surface area contributed by atoms with Gasteiger partial charge in [-0.3, -0.25) is 9.69 Å². The van der Waals surface area contributed by atoms with Crippen molar-refractivity contribution in [2.45, 2.75) is 13.0 Å². The lowest BCUT2D eigenvalue weighted by Crippen LogP contribution is -2.52. The first kappa shape index (κ1) is 16.4. The predicted octanol–water partition coefficient (Wildman–Crippen LogP) is 2.04. The maximum absolute atomic E-state index is 12.6. The van der Waals surface area contributed by atoms with E-state index in [1.54, 1.807) is 11.1 Å². The van der Waals surface area contributed by atoms with Crippen LogP contribution < -0.4 is 10.2 Å². The van der Waals surface area contributed by atoms with E-state index < -0.39 is 6.09 Å². The number of pyridine rings is 1. The molecule has 2 aliphatic heterocycles. The molecule has 2 aliphatic rings. The summed E-state index contributed by atoms with van der Waals surface area (Å²) in [6, 6.07) is 11.4. The molecule has 2 amide bonds. The van der Waals surface area contributed by atoms with Gasteiger partial charge in [0.2, 0.25) is 5.91 Å². The molecule has 1 N–H and O–H groups in total. The molecule has 1 saturated heterocycles. The van der Waals surface area contributed by atoms with Crippen LogP contribution in [0.3, 0.4) is 0 Å². The number of nitrogens with zero attached hydrogens (tertiary/aromatic N) is 3. The fourth-order valence-electron chi connectivity index (χ4n) is 3.33. The lowest BCUT2D eigenvalue weighted by Gasteiger charge is -2.34. The number of hydrogen-bond acceptors (Lipinski definition) is 5. The van der Waals surface area contributed by atoms with E-state index in [9.17, 15) is 9.59 Å². The summed E-state index contributed by atoms with van der Waals surface area (Å²) in [7, 11) is 0. The number of benzene rings is 1. The first-order valence-corrected chi connectivity index (χ1v) is 8.70. The minimum absolute atomic E-state index is 0.0259. The minimum Gasteiger partial charge on any atom is -0.445 e. The van der Waals surface area contributed by atoms with Gasteiger partial charge in [0.25, 0.3) is 0 Å². The van der Waals surface area contributed by atoms with Crippen LogP contribution in [0.4, 0.5) is 16.3 Å². The summed E-state index contributed by atoms with van der Waals surface area (Å²) in [5, 5.41) is 3.22. The van der Waals surface area contributed by atoms with Gasteiger partial charge in [0.1, 0.15) is 19.0 Å². The summed E-state index contributed by atoms with van der Waals surface area (Å²) in [6.07, 6.45) is 2.11. The Bertz CT molecular complexity index is 825. The second kappa shape index (κ2) is 7.03. The molecule has 0 spiro atoms. The first-order chi connectivity index (χ1) is 12.7. The molecule has 0 atom stereocenters. The summed E-state index contributed by atoms with van der Waals surface area (Å²) in [5.41, 5.74) is 2.88. The Morgan fingerprint density at radius 2 is 2.04 bits per heavy atom. The van der Waals surface area contributed by atoms with E-state index in [0.29, 0.717) is 13.1 Å². The Hall–Kier alpha value is -3.09. The molecule has 1 aromatic carbocycles. The number of rotatable bonds is 3. The average molecular weight is 352 g/mol. The van der Waals surface area contributed by atoms with Gasteiger partial charge in [0.05, 0.1) is 5.69 Å². The number of nitrogens with one attached hydrogen (secondary N) is 1. The summed E-state index contributed by atoms with van der Waals surface area (Å²) >= 11 is 0. The highest BCUT2D eigenvalue weighted by Crippen LogP contribution is 2.30. The highest BCUT2D eigenvalue weighted by atomic mass is 16.6. The minimum atomic E-state index is -0.455. The van der Waals surface area contributed by atoms with Crippen molar-refractivity contribution in [1.82, 2.24) is 9.88 Å². The molecule has 0 aliphatic carbocycles. The van der Waals surface area contributed by atoms with Crippen LogP contribution in [0.1, 0.15) is 11.1 Å². The number of amides is 2. The zero-order valence-electron chi connectivity index (χ0n) is 14.4. The highest BCUT2D eigenvalue weighted by molar-refractivity contribution is 5.98. The second-order valence-electron chi connectivity index (χ2n) is 6.34. The summed E-state index contributed by atoms with van der Waals surface area (Å²) in [5.74, 6) is 0.744. The van der Waals surface area contributed by atoms with Crippen molar-refractivity contribution < 1.29 is 14.3 Å². The van der Waals surface area contributed by atoms with Gasteiger partial charge in [-0.1, -0.05) is 30.3 Å². The van der Waals surface area contributed by atoms with Crippen LogP contribution in [-0.2, 0) is 22.6 Å². The van der Waals surface area contributed by atoms with Gasteiger partial charge in [0, 0.05) is 31.4 Å². The lowest BCUT2D eigenvalue weighted by atomic mass is 10.1. The van der Waals surface area contributed by atoms with Crippen LogP contribution >= 0.6 is 0 Å². The quantitative estimate of drug-likeness (QED) is 0.915. The smallest absolute Gasteiger partial charge is 0.410 e. The zero-order chi connectivity index (χ0) is 17.9. The van der Waals surface area contributed by atoms with Crippen LogP contribution in [-0.4, -0.2) is 48.1 Å². The van der Waals surface area contributed by atoms with Crippen LogP contribution in [0.5, 0.6) is 0 Å². The van der Waals surface area contributed by atoms with Crippen molar-refractivity contribution in [3.8, 4) is 0 Å². The van der Waals surface area contributed by atoms with Crippen LogP contribution in [0.25, 0.3) is 0 Å². The van der Waals surface area contributed by atoms with Gasteiger partial charge in [0.15, 0.2) is 0 Å². The SMILES string of the molecule is O=C(OCc1ccccc1)N1CCN(c2ccnc3c2CCN3)C(=O)C1. The number of piperazine rings is 1. The van der Waals surface area contributed by atoms with Crippen molar-refractivity contribution in [1.29, 1.82) is 0 Å². The summed E-state index contributed by atoms with van der Waals surface area (Å²) in [4.78, 5) is 32.4. The van der Waals surface area contributed by atoms with Crippen LogP contribution in [0.2, 0.25) is 0 Å². The number of aromatic nitrogens is 1. The second-order valence-corrected chi connectivity index (χ2v) is 6.34. The Morgan fingerprint density at radius 3 is 2.85 bits per heavy atom. The number of ether oxygens (including phenoxy) is 1. The Morgan fingerprint density at radius 1 is 1.19 bits per heavy atom. The van der Waals surface area contributed by atoms with E-state index in [1.165, 1.54) is 4.90 Å². The van der Waals surface area contributed by atoms with E-state index >= 15 is 0 Å². The molecular formula is C19H20N4O3. The third-order valence-electron chi connectivity index (χ3n) is 4.67. The molecule has 4 rings (SSSR count). The summed E-state index contributed by atoms with van der Waals surface area (Å²) in [6.45, 7) is 1.97. The topological polar surface area (TPSA) is 74.8 Å². The number of carbonyl (C=O) groups excluding carboxylic acids is 2. The zero-order valence-corrected chi connectivity index (χ0v) is 14.4. The normalized spacial score (nSPS) is 16.2. The van der Waals surface area contributed by atoms with Gasteiger partial charge < -0.3 is 15.0 Å². The van der Waals surface area contributed by atoms with Gasteiger partial charge in [-0.05, 0) is 18.1 Å². The van der Waals surface area contributed by atoms with E-state index in [2.05, 4.69) is 10.3 Å². The Balaban J connectivity index is 1.39. The molecule has 134 valence electrons. The number of carbonyl (C=O) groups is 2. The number of fused-ring (bicyclic) bond motifs is 1. The average Bonchev–Trinajstić information content (AvgIpc) is 3.16. The molecule has 0 bridgehead atoms. The highest BCUT2D eigenvalue weighted by Gasteiger charge is 2.31. The summed E-state index contributed by atoms with van der Waals surface area (Å²) < 4.78 is 5.33. The lowest BCUT2D eigenvalue weighted by molar-refractivity contribution is -0.120. The molecule has 0 saturated carbocycles. The van der Waals surface area contributed by atoms with Gasteiger partial charge >= 0.3 is 6.09 Å². The van der Waals surface area contributed by atoms with E-state index in [4.69, 9.17) is 4.74 Å². The maximum atomic E-state index is 12.6. The standard InChI is InChI=1S/C19H20N4O3/c24-17-12-22(19(25)26-13-14-4-2-1-3-5-14)10-11-23(17)16-7-9-21-18-15(16)6-8-20-18/h1-5,7,9H,6,8,10-13H2,(H,20,21). The fraction of sp³-hybridized carbons (Fsp3) is 0.316. The number of hydrogen-bond donors (Lipinski definition) is 1. The van der Waals surface area contributed by atoms with Crippen molar-refractivity contribution in [3.63, 3.8) is 0 Å². The first-order valence-electron chi connectivity index (χ1n) is 8.70. The fourth-order valence-corrected chi connectivity index (χ4v) is 3.33. The molecule has 0 unspecified atom stereocenters. The molecule has 1 fully saturated rings. The van der Waals surface area contributed by atoms with Crippen LogP contribution in [0, 0.1) is 0 Å². The largest absolute Gasteiger partial charge is 0.445 e. The monoisotopic (exact) mass is 352 g/mol. The molecule has 0 radical (unpaired) electrons. The van der Waals surface area contributed by atoms with Gasteiger partial charge in [-0.25, -0.2) is 9.78 Å². The van der Waals surface area contributed by atoms with Crippen molar-refractivity contribution in [2.75, 3.05) is 36.4 Å². The van der Waals surface area contributed by atoms with Crippen LogP contribution in [0.15, 0.2) is 42.6 Å². The van der Waals surface area contributed by atoms with E-state index in [-0.39, 0.29) is 19.1 Å². The van der Waals surface area contributed by atoms with E-state index in [1.807, 2.05) is 36.4 Å². The van der Waals surface area contributed by atoms with Crippen molar-refractivity contribution in [2.24, 2.45) is 0 Å². The third kappa shape index (κ3) is 3.20. The van der Waals surface area contributed by atoms with Crippen molar-refractivity contribution >= 4 is 23.5 Å². The maximum Gasteiger partial charge on any atom is 0.410 e. The molecule has 7 heteroatoms. The molecule has 2 aromatic rings.